The van der Waals surface area contributed by atoms with Gasteiger partial charge in [0.1, 0.15) is 0 Å². The Balaban J connectivity index is 2.31. The molecule has 2 N–H and O–H groups in total. The summed E-state index contributed by atoms with van der Waals surface area (Å²) in [5.74, 6) is -0.395. The normalized spacial score (nSPS) is 26.8. The third-order valence-corrected chi connectivity index (χ3v) is 2.72. The molecule has 1 heterocycles. The molecule has 4 nitrogen and oxygen atoms in total. The van der Waals surface area contributed by atoms with Gasteiger partial charge in [0.2, 0.25) is 0 Å². The fourth-order valence-electron chi connectivity index (χ4n) is 2.04. The van der Waals surface area contributed by atoms with E-state index in [9.17, 15) is 4.79 Å². The van der Waals surface area contributed by atoms with Crippen LogP contribution in [0.15, 0.2) is 28.4 Å². The number of nitrogens with two attached hydrogens (primary N) is 1. The van der Waals surface area contributed by atoms with Crippen LogP contribution in [0, 0.1) is 0 Å². The first-order valence-corrected chi connectivity index (χ1v) is 4.09. The average molecular weight is 173 g/mol. The summed E-state index contributed by atoms with van der Waals surface area (Å²) in [6.45, 7) is 0. The molecule has 2 aliphatic rings. The summed E-state index contributed by atoms with van der Waals surface area (Å²) in [4.78, 5) is 11.2. The van der Waals surface area contributed by atoms with Gasteiger partial charge in [-0.3, -0.25) is 4.79 Å². The Kier molecular flexibility index (Phi) is 0.931. The van der Waals surface area contributed by atoms with Gasteiger partial charge in [0.15, 0.2) is 5.54 Å². The minimum atomic E-state index is -0.814. The van der Waals surface area contributed by atoms with E-state index in [0.29, 0.717) is 6.42 Å². The molecule has 1 atom stereocenters. The standard InChI is InChI=1S/C9H7N3O/c10-8(13)9-4-5-2-1-3-6(7(5)9)11-12-9/h1-3H,4H2,(H2,10,13). The van der Waals surface area contributed by atoms with Crippen molar-refractivity contribution >= 4 is 11.6 Å². The van der Waals surface area contributed by atoms with E-state index < -0.39 is 11.4 Å². The van der Waals surface area contributed by atoms with E-state index in [1.807, 2.05) is 18.2 Å². The Morgan fingerprint density at radius 1 is 1.54 bits per heavy atom. The van der Waals surface area contributed by atoms with E-state index in [4.69, 9.17) is 5.73 Å². The SMILES string of the molecule is NC(=O)C12Cc3cccc(c31)N=N2. The zero-order chi connectivity index (χ0) is 9.05. The monoisotopic (exact) mass is 173 g/mol. The van der Waals surface area contributed by atoms with Gasteiger partial charge in [-0.25, -0.2) is 0 Å². The van der Waals surface area contributed by atoms with Crippen LogP contribution in [-0.4, -0.2) is 5.91 Å². The van der Waals surface area contributed by atoms with Gasteiger partial charge in [-0.15, -0.1) is 0 Å². The number of primary amides is 1. The molecule has 13 heavy (non-hydrogen) atoms. The summed E-state index contributed by atoms with van der Waals surface area (Å²) in [5.41, 5.74) is 7.34. The largest absolute Gasteiger partial charge is 0.367 e. The third kappa shape index (κ3) is 0.568. The van der Waals surface area contributed by atoms with Crippen molar-refractivity contribution in [3.8, 4) is 0 Å². The van der Waals surface area contributed by atoms with Crippen LogP contribution in [0.2, 0.25) is 0 Å². The van der Waals surface area contributed by atoms with Crippen LogP contribution in [-0.2, 0) is 16.8 Å². The first-order valence-electron chi connectivity index (χ1n) is 4.09. The molecule has 3 rings (SSSR count). The molecule has 4 heteroatoms. The topological polar surface area (TPSA) is 67.8 Å². The van der Waals surface area contributed by atoms with Crippen LogP contribution in [0.3, 0.4) is 0 Å². The molecule has 0 saturated heterocycles. The molecule has 64 valence electrons. The van der Waals surface area contributed by atoms with E-state index in [-0.39, 0.29) is 0 Å². The Labute approximate surface area is 74.5 Å². The van der Waals surface area contributed by atoms with Crippen molar-refractivity contribution in [3.05, 3.63) is 29.3 Å². The number of hydrogen-bond acceptors (Lipinski definition) is 3. The van der Waals surface area contributed by atoms with E-state index >= 15 is 0 Å². The van der Waals surface area contributed by atoms with Crippen molar-refractivity contribution in [2.45, 2.75) is 12.0 Å². The maximum absolute atomic E-state index is 11.2. The Bertz CT molecular complexity index is 452. The van der Waals surface area contributed by atoms with Crippen LogP contribution in [0.1, 0.15) is 11.1 Å². The summed E-state index contributed by atoms with van der Waals surface area (Å²) < 4.78 is 0. The number of carbonyl (C=O) groups is 1. The highest BCUT2D eigenvalue weighted by Crippen LogP contribution is 2.52. The molecule has 0 saturated carbocycles. The second-order valence-corrected chi connectivity index (χ2v) is 3.41. The molecular formula is C9H7N3O. The van der Waals surface area contributed by atoms with Crippen LogP contribution in [0.5, 0.6) is 0 Å². The molecule has 0 fully saturated rings. The lowest BCUT2D eigenvalue weighted by molar-refractivity contribution is -0.124. The Morgan fingerprint density at radius 3 is 3.15 bits per heavy atom. The summed E-state index contributed by atoms with van der Waals surface area (Å²) in [5, 5.41) is 7.91. The van der Waals surface area contributed by atoms with Crippen molar-refractivity contribution in [2.24, 2.45) is 16.0 Å². The van der Waals surface area contributed by atoms with Crippen LogP contribution in [0.4, 0.5) is 5.69 Å². The van der Waals surface area contributed by atoms with Crippen molar-refractivity contribution < 1.29 is 4.79 Å². The number of azo groups is 1. The molecule has 1 aromatic carbocycles. The van der Waals surface area contributed by atoms with E-state index in [1.54, 1.807) is 0 Å². The van der Waals surface area contributed by atoms with E-state index in [0.717, 1.165) is 16.8 Å². The quantitative estimate of drug-likeness (QED) is 0.676. The van der Waals surface area contributed by atoms with Gasteiger partial charge in [0.25, 0.3) is 5.91 Å². The zero-order valence-electron chi connectivity index (χ0n) is 6.82. The number of amides is 1. The Hall–Kier alpha value is -1.71. The van der Waals surface area contributed by atoms with Crippen molar-refractivity contribution in [1.82, 2.24) is 0 Å². The van der Waals surface area contributed by atoms with Gasteiger partial charge in [0.05, 0.1) is 5.69 Å². The minimum absolute atomic E-state index is 0.395. The molecule has 0 bridgehead atoms. The zero-order valence-corrected chi connectivity index (χ0v) is 6.82. The summed E-state index contributed by atoms with van der Waals surface area (Å²) in [6.07, 6.45) is 0.606. The number of rotatable bonds is 1. The maximum Gasteiger partial charge on any atom is 0.252 e. The van der Waals surface area contributed by atoms with Crippen LogP contribution < -0.4 is 5.73 Å². The molecule has 1 amide bonds. The molecular weight excluding hydrogens is 166 g/mol. The highest BCUT2D eigenvalue weighted by Gasteiger charge is 2.53. The molecule has 1 aliphatic carbocycles. The first kappa shape index (κ1) is 6.77. The Morgan fingerprint density at radius 2 is 2.38 bits per heavy atom. The molecule has 1 unspecified atom stereocenters. The highest BCUT2D eigenvalue weighted by molar-refractivity contribution is 5.93. The van der Waals surface area contributed by atoms with Crippen molar-refractivity contribution in [2.75, 3.05) is 0 Å². The van der Waals surface area contributed by atoms with E-state index in [1.165, 1.54) is 0 Å². The third-order valence-electron chi connectivity index (χ3n) is 2.72. The number of hydrogen-bond donors (Lipinski definition) is 1. The second-order valence-electron chi connectivity index (χ2n) is 3.41. The average Bonchev–Trinajstić information content (AvgIpc) is 2.39. The van der Waals surface area contributed by atoms with Crippen molar-refractivity contribution in [3.63, 3.8) is 0 Å². The minimum Gasteiger partial charge on any atom is -0.367 e. The predicted molar refractivity (Wildman–Crippen MR) is 45.5 cm³/mol. The molecule has 1 aromatic rings. The molecule has 1 aliphatic heterocycles. The number of carbonyl (C=O) groups excluding carboxylic acids is 1. The van der Waals surface area contributed by atoms with Gasteiger partial charge in [-0.2, -0.15) is 10.2 Å². The smallest absolute Gasteiger partial charge is 0.252 e. The van der Waals surface area contributed by atoms with Crippen molar-refractivity contribution in [1.29, 1.82) is 0 Å². The maximum atomic E-state index is 11.2. The first-order chi connectivity index (χ1) is 6.24. The predicted octanol–water partition coefficient (Wildman–Crippen LogP) is 1.02. The number of nitrogens with zero attached hydrogens (tertiary/aromatic N) is 2. The molecule has 0 aromatic heterocycles. The lowest BCUT2D eigenvalue weighted by Crippen LogP contribution is -2.46. The van der Waals surface area contributed by atoms with Gasteiger partial charge in [-0.1, -0.05) is 12.1 Å². The number of benzene rings is 1. The molecule has 0 radical (unpaired) electrons. The fraction of sp³-hybridized carbons (Fsp3) is 0.222. The van der Waals surface area contributed by atoms with Gasteiger partial charge < -0.3 is 5.73 Å². The summed E-state index contributed by atoms with van der Waals surface area (Å²) in [7, 11) is 0. The second kappa shape index (κ2) is 1.79. The van der Waals surface area contributed by atoms with E-state index in [2.05, 4.69) is 10.2 Å². The fourth-order valence-corrected chi connectivity index (χ4v) is 2.04. The summed E-state index contributed by atoms with van der Waals surface area (Å²) in [6, 6.07) is 5.76. The van der Waals surface area contributed by atoms with Gasteiger partial charge >= 0.3 is 0 Å². The lowest BCUT2D eigenvalue weighted by atomic mass is 9.70. The summed E-state index contributed by atoms with van der Waals surface area (Å²) >= 11 is 0. The van der Waals surface area contributed by atoms with Crippen LogP contribution in [0.25, 0.3) is 0 Å². The molecule has 0 spiro atoms. The highest BCUT2D eigenvalue weighted by atomic mass is 16.1. The van der Waals surface area contributed by atoms with Crippen LogP contribution >= 0.6 is 0 Å². The van der Waals surface area contributed by atoms with Gasteiger partial charge in [-0.05, 0) is 11.6 Å². The van der Waals surface area contributed by atoms with Gasteiger partial charge in [0, 0.05) is 12.0 Å². The lowest BCUT2D eigenvalue weighted by Gasteiger charge is -2.33.